The van der Waals surface area contributed by atoms with Gasteiger partial charge in [-0.1, -0.05) is 11.3 Å². The van der Waals surface area contributed by atoms with Crippen LogP contribution in [-0.4, -0.2) is 71.6 Å². The van der Waals surface area contributed by atoms with Crippen molar-refractivity contribution in [3.8, 4) is 5.75 Å². The minimum atomic E-state index is -0.0771. The first kappa shape index (κ1) is 23.5. The van der Waals surface area contributed by atoms with Crippen molar-refractivity contribution in [2.24, 2.45) is 0 Å². The molecule has 1 fully saturated rings. The minimum absolute atomic E-state index is 0. The average molecular weight is 466 g/mol. The van der Waals surface area contributed by atoms with E-state index in [2.05, 4.69) is 10.00 Å². The number of ether oxygens (including phenoxy) is 2. The van der Waals surface area contributed by atoms with E-state index in [1.807, 2.05) is 32.0 Å². The monoisotopic (exact) mass is 465 g/mol. The molecular formula is C21H28ClN5O3S. The third-order valence-electron chi connectivity index (χ3n) is 5.11. The molecule has 0 aliphatic carbocycles. The Morgan fingerprint density at radius 3 is 2.81 bits per heavy atom. The van der Waals surface area contributed by atoms with Crippen LogP contribution >= 0.6 is 23.7 Å². The predicted octanol–water partition coefficient (Wildman–Crippen LogP) is 3.31. The molecule has 1 amide bonds. The van der Waals surface area contributed by atoms with Crippen LogP contribution in [0.2, 0.25) is 0 Å². The molecule has 8 nitrogen and oxygen atoms in total. The van der Waals surface area contributed by atoms with Gasteiger partial charge in [-0.3, -0.25) is 19.3 Å². The van der Waals surface area contributed by atoms with Gasteiger partial charge in [0.1, 0.15) is 11.4 Å². The molecule has 3 heterocycles. The lowest BCUT2D eigenvalue weighted by Gasteiger charge is -2.29. The molecule has 168 valence electrons. The Morgan fingerprint density at radius 2 is 2.06 bits per heavy atom. The molecule has 0 atom stereocenters. The maximum atomic E-state index is 13.5. The third kappa shape index (κ3) is 5.35. The zero-order valence-corrected chi connectivity index (χ0v) is 19.5. The van der Waals surface area contributed by atoms with Gasteiger partial charge in [0.25, 0.3) is 5.91 Å². The molecule has 2 aromatic heterocycles. The van der Waals surface area contributed by atoms with Crippen molar-refractivity contribution < 1.29 is 14.3 Å². The molecule has 10 heteroatoms. The van der Waals surface area contributed by atoms with Gasteiger partial charge in [0.2, 0.25) is 0 Å². The summed E-state index contributed by atoms with van der Waals surface area (Å²) in [5, 5.41) is 4.96. The number of benzene rings is 1. The van der Waals surface area contributed by atoms with Gasteiger partial charge < -0.3 is 9.47 Å². The van der Waals surface area contributed by atoms with E-state index >= 15 is 0 Å². The van der Waals surface area contributed by atoms with Crippen molar-refractivity contribution in [3.63, 3.8) is 0 Å². The Labute approximate surface area is 192 Å². The molecule has 1 saturated heterocycles. The lowest BCUT2D eigenvalue weighted by Crippen LogP contribution is -2.43. The largest absolute Gasteiger partial charge is 0.494 e. The zero-order chi connectivity index (χ0) is 20.9. The Morgan fingerprint density at radius 1 is 1.26 bits per heavy atom. The molecule has 0 N–H and O–H groups in total. The summed E-state index contributed by atoms with van der Waals surface area (Å²) in [5.74, 6) is 0.738. The number of nitrogens with zero attached hydrogens (tertiary/aromatic N) is 5. The Bertz CT molecular complexity index is 1000. The number of hydrogen-bond donors (Lipinski definition) is 0. The van der Waals surface area contributed by atoms with Crippen molar-refractivity contribution in [2.75, 3.05) is 50.9 Å². The fourth-order valence-electron chi connectivity index (χ4n) is 3.52. The molecule has 0 saturated carbocycles. The molecule has 0 bridgehead atoms. The summed E-state index contributed by atoms with van der Waals surface area (Å²) in [7, 11) is 0. The van der Waals surface area contributed by atoms with Gasteiger partial charge in [-0.2, -0.15) is 5.10 Å². The van der Waals surface area contributed by atoms with Crippen LogP contribution < -0.4 is 9.64 Å². The van der Waals surface area contributed by atoms with Gasteiger partial charge in [0, 0.05) is 38.9 Å². The maximum Gasteiger partial charge on any atom is 0.278 e. The standard InChI is InChI=1S/C21H27N5O3S.ClH/c1-3-26-18(7-8-22-26)20(27)25(10-9-24-11-13-28-14-12-24)21-23-17-6-5-16(29-4-2)15-19(17)30-21;/h5-8,15H,3-4,9-14H2,1-2H3;1H. The number of carbonyl (C=O) groups excluding carboxylic acids is 1. The van der Waals surface area contributed by atoms with Crippen LogP contribution in [0.5, 0.6) is 5.75 Å². The summed E-state index contributed by atoms with van der Waals surface area (Å²) in [6, 6.07) is 7.62. The van der Waals surface area contributed by atoms with Crippen molar-refractivity contribution in [1.82, 2.24) is 19.7 Å². The smallest absolute Gasteiger partial charge is 0.278 e. The molecule has 1 aromatic carbocycles. The zero-order valence-electron chi connectivity index (χ0n) is 17.8. The fraction of sp³-hybridized carbons (Fsp3) is 0.476. The molecule has 1 aliphatic heterocycles. The summed E-state index contributed by atoms with van der Waals surface area (Å²) >= 11 is 1.51. The van der Waals surface area contributed by atoms with E-state index in [4.69, 9.17) is 14.5 Å². The third-order valence-corrected chi connectivity index (χ3v) is 6.16. The van der Waals surface area contributed by atoms with Crippen LogP contribution in [0.4, 0.5) is 5.13 Å². The first-order valence-corrected chi connectivity index (χ1v) is 11.2. The SMILES string of the molecule is CCOc1ccc2nc(N(CCN3CCOCC3)C(=O)c3ccnn3CC)sc2c1.Cl. The van der Waals surface area contributed by atoms with Crippen molar-refractivity contribution in [3.05, 3.63) is 36.2 Å². The highest BCUT2D eigenvalue weighted by atomic mass is 35.5. The van der Waals surface area contributed by atoms with E-state index in [9.17, 15) is 4.79 Å². The second-order valence-electron chi connectivity index (χ2n) is 7.00. The number of morpholine rings is 1. The maximum absolute atomic E-state index is 13.5. The van der Waals surface area contributed by atoms with Crippen LogP contribution in [0.3, 0.4) is 0 Å². The van der Waals surface area contributed by atoms with E-state index in [1.54, 1.807) is 21.8 Å². The summed E-state index contributed by atoms with van der Waals surface area (Å²) in [5.41, 5.74) is 1.44. The quantitative estimate of drug-likeness (QED) is 0.508. The van der Waals surface area contributed by atoms with Gasteiger partial charge in [-0.15, -0.1) is 12.4 Å². The topological polar surface area (TPSA) is 72.7 Å². The number of anilines is 1. The number of fused-ring (bicyclic) bond motifs is 1. The first-order chi connectivity index (χ1) is 14.7. The van der Waals surface area contributed by atoms with E-state index in [0.29, 0.717) is 30.5 Å². The molecule has 0 unspecified atom stereocenters. The number of rotatable bonds is 8. The number of hydrogen-bond acceptors (Lipinski definition) is 7. The molecule has 0 radical (unpaired) electrons. The van der Waals surface area contributed by atoms with Crippen molar-refractivity contribution >= 4 is 45.0 Å². The van der Waals surface area contributed by atoms with E-state index in [0.717, 1.165) is 48.8 Å². The van der Waals surface area contributed by atoms with Crippen LogP contribution in [-0.2, 0) is 11.3 Å². The van der Waals surface area contributed by atoms with Crippen LogP contribution in [0.25, 0.3) is 10.2 Å². The summed E-state index contributed by atoms with van der Waals surface area (Å²) in [6.07, 6.45) is 1.67. The van der Waals surface area contributed by atoms with Crippen molar-refractivity contribution in [2.45, 2.75) is 20.4 Å². The van der Waals surface area contributed by atoms with E-state index < -0.39 is 0 Å². The second-order valence-corrected chi connectivity index (χ2v) is 8.01. The number of halogens is 1. The average Bonchev–Trinajstić information content (AvgIpc) is 3.41. The van der Waals surface area contributed by atoms with E-state index in [1.165, 1.54) is 11.3 Å². The highest BCUT2D eigenvalue weighted by molar-refractivity contribution is 7.22. The first-order valence-electron chi connectivity index (χ1n) is 10.4. The predicted molar refractivity (Wildman–Crippen MR) is 125 cm³/mol. The van der Waals surface area contributed by atoms with Crippen LogP contribution in [0.1, 0.15) is 24.3 Å². The second kappa shape index (κ2) is 10.9. The van der Waals surface area contributed by atoms with Crippen LogP contribution in [0.15, 0.2) is 30.5 Å². The van der Waals surface area contributed by atoms with Gasteiger partial charge in [-0.25, -0.2) is 4.98 Å². The van der Waals surface area contributed by atoms with Gasteiger partial charge >= 0.3 is 0 Å². The van der Waals surface area contributed by atoms with Crippen molar-refractivity contribution in [1.29, 1.82) is 0 Å². The summed E-state index contributed by atoms with van der Waals surface area (Å²) < 4.78 is 13.8. The van der Waals surface area contributed by atoms with Gasteiger partial charge in [0.15, 0.2) is 5.13 Å². The fourth-order valence-corrected chi connectivity index (χ4v) is 4.54. The normalized spacial score (nSPS) is 14.4. The molecule has 31 heavy (non-hydrogen) atoms. The number of amides is 1. The highest BCUT2D eigenvalue weighted by Crippen LogP contribution is 2.32. The summed E-state index contributed by atoms with van der Waals surface area (Å²) in [6.45, 7) is 9.77. The number of aromatic nitrogens is 3. The number of aryl methyl sites for hydroxylation is 1. The lowest BCUT2D eigenvalue weighted by atomic mass is 10.3. The Kier molecular flexibility index (Phi) is 8.25. The van der Waals surface area contributed by atoms with E-state index in [-0.39, 0.29) is 18.3 Å². The van der Waals surface area contributed by atoms with Crippen LogP contribution in [0, 0.1) is 0 Å². The lowest BCUT2D eigenvalue weighted by molar-refractivity contribution is 0.0391. The minimum Gasteiger partial charge on any atom is -0.494 e. The Hall–Kier alpha value is -2.20. The molecule has 3 aromatic rings. The van der Waals surface area contributed by atoms with Gasteiger partial charge in [-0.05, 0) is 38.1 Å². The molecule has 0 spiro atoms. The number of thiazole rings is 1. The Balaban J connectivity index is 0.00000272. The summed E-state index contributed by atoms with van der Waals surface area (Å²) in [4.78, 5) is 22.3. The highest BCUT2D eigenvalue weighted by Gasteiger charge is 2.25. The molecule has 1 aliphatic rings. The molecular weight excluding hydrogens is 438 g/mol. The number of carbonyl (C=O) groups is 1. The van der Waals surface area contributed by atoms with Gasteiger partial charge in [0.05, 0.1) is 30.0 Å². The molecule has 4 rings (SSSR count).